The molecule has 0 unspecified atom stereocenters. The van der Waals surface area contributed by atoms with E-state index < -0.39 is 52.6 Å². The van der Waals surface area contributed by atoms with Gasteiger partial charge in [-0.3, -0.25) is 19.1 Å². The number of aryl methyl sites for hydroxylation is 1. The second-order valence-electron chi connectivity index (χ2n) is 13.0. The van der Waals surface area contributed by atoms with Gasteiger partial charge in [-0.2, -0.15) is 27.8 Å². The number of pyridine rings is 1. The van der Waals surface area contributed by atoms with E-state index in [9.17, 15) is 32.7 Å². The van der Waals surface area contributed by atoms with E-state index in [0.717, 1.165) is 10.6 Å². The average molecular weight is 756 g/mol. The fraction of sp³-hybridized carbons (Fsp3) is 0.406. The van der Waals surface area contributed by atoms with Gasteiger partial charge in [0.15, 0.2) is 22.4 Å². The Hall–Kier alpha value is -5.47. The van der Waals surface area contributed by atoms with Crippen molar-refractivity contribution in [3.05, 3.63) is 74.7 Å². The Morgan fingerprint density at radius 1 is 1.15 bits per heavy atom. The highest BCUT2D eigenvalue weighted by molar-refractivity contribution is 6.32. The summed E-state index contributed by atoms with van der Waals surface area (Å²) in [6, 6.07) is 1.74. The van der Waals surface area contributed by atoms with Gasteiger partial charge < -0.3 is 29.4 Å². The lowest BCUT2D eigenvalue weighted by molar-refractivity contribution is -0.141. The maximum Gasteiger partial charge on any atom is 0.433 e. The number of rotatable bonds is 6. The Labute approximate surface area is 301 Å². The lowest BCUT2D eigenvalue weighted by Gasteiger charge is -2.39. The maximum atomic E-state index is 14.4. The third-order valence-corrected chi connectivity index (χ3v) is 9.95. The van der Waals surface area contributed by atoms with Crippen LogP contribution in [0.4, 0.5) is 18.9 Å². The molecule has 1 spiro atoms. The van der Waals surface area contributed by atoms with Crippen LogP contribution in [0, 0.1) is 6.92 Å². The number of alkyl halides is 3. The number of ether oxygens (including phenoxy) is 2. The first kappa shape index (κ1) is 34.6. The van der Waals surface area contributed by atoms with Crippen molar-refractivity contribution in [3.8, 4) is 17.1 Å². The van der Waals surface area contributed by atoms with Crippen LogP contribution in [0.3, 0.4) is 0 Å². The van der Waals surface area contributed by atoms with Crippen LogP contribution < -0.4 is 10.9 Å². The Morgan fingerprint density at radius 2 is 1.91 bits per heavy atom. The molecular formula is C32H29ClF3N11O6. The largest absolute Gasteiger partial charge is 0.504 e. The van der Waals surface area contributed by atoms with E-state index in [2.05, 4.69) is 35.5 Å². The number of nitrogens with zero attached hydrogens (tertiary/aromatic N) is 10. The number of aromatic nitrogens is 9. The van der Waals surface area contributed by atoms with Gasteiger partial charge in [-0.05, 0) is 38.8 Å². The summed E-state index contributed by atoms with van der Waals surface area (Å²) in [5, 5.41) is 21.3. The van der Waals surface area contributed by atoms with Gasteiger partial charge in [0.2, 0.25) is 11.7 Å². The zero-order valence-electron chi connectivity index (χ0n) is 28.0. The van der Waals surface area contributed by atoms with Crippen molar-refractivity contribution >= 4 is 34.9 Å². The number of aromatic hydroxyl groups is 1. The van der Waals surface area contributed by atoms with E-state index in [4.69, 9.17) is 21.1 Å². The molecule has 5 aromatic rings. The number of amides is 2. The van der Waals surface area contributed by atoms with Crippen LogP contribution in [0.1, 0.15) is 65.0 Å². The molecule has 2 N–H and O–H groups in total. The number of hydrogen-bond donors (Lipinski definition) is 2. The molecule has 0 saturated carbocycles. The van der Waals surface area contributed by atoms with E-state index in [1.165, 1.54) is 15.8 Å². The molecule has 1 atom stereocenters. The molecule has 0 radical (unpaired) electrons. The number of fused-ring (bicyclic) bond motifs is 3. The lowest BCUT2D eigenvalue weighted by atomic mass is 9.85. The highest BCUT2D eigenvalue weighted by atomic mass is 35.5. The molecule has 2 fully saturated rings. The van der Waals surface area contributed by atoms with Crippen molar-refractivity contribution in [2.45, 2.75) is 57.2 Å². The van der Waals surface area contributed by atoms with E-state index >= 15 is 0 Å². The molecule has 276 valence electrons. The molecule has 3 aliphatic heterocycles. The predicted molar refractivity (Wildman–Crippen MR) is 176 cm³/mol. The second kappa shape index (κ2) is 12.6. The highest BCUT2D eigenvalue weighted by Crippen LogP contribution is 2.48. The van der Waals surface area contributed by atoms with Crippen LogP contribution in [0.25, 0.3) is 17.2 Å². The Kier molecular flexibility index (Phi) is 8.22. The Balaban J connectivity index is 1.17. The number of anilines is 1. The van der Waals surface area contributed by atoms with Crippen molar-refractivity contribution < 1.29 is 37.3 Å². The normalized spacial score (nSPS) is 18.4. The minimum absolute atomic E-state index is 0.00462. The summed E-state index contributed by atoms with van der Waals surface area (Å²) in [6.07, 6.45) is -0.655. The fourth-order valence-corrected chi connectivity index (χ4v) is 7.12. The standard InChI is InChI=1S/C32H29ClF3N11O6/c1-15-25(49)23(38-14-37-15)29(51)44-7-5-31(6-8-44)22-24(16(2)53-31)45(11-21(48)40-19-3-4-20(32(34,35)36)41-26(19)33)30-42-27(43-47(30)28(22)50)17-9-39-46(10-17)18-12-52-13-18/h3-4,9-10,14,16,18,49H,5-8,11-13H2,1-2H3,(H,40,48)/t16-/m1/s1. The first-order valence-corrected chi connectivity index (χ1v) is 16.8. The van der Waals surface area contributed by atoms with E-state index in [1.807, 2.05) is 0 Å². The quantitative estimate of drug-likeness (QED) is 0.241. The van der Waals surface area contributed by atoms with E-state index in [1.54, 1.807) is 30.9 Å². The van der Waals surface area contributed by atoms with Crippen molar-refractivity contribution in [1.29, 1.82) is 0 Å². The van der Waals surface area contributed by atoms with Gasteiger partial charge in [0.1, 0.15) is 24.2 Å². The smallest absolute Gasteiger partial charge is 0.433 e. The van der Waals surface area contributed by atoms with Crippen LogP contribution in [0.15, 0.2) is 35.6 Å². The topological polar surface area (TPSA) is 197 Å². The maximum absolute atomic E-state index is 14.4. The zero-order valence-corrected chi connectivity index (χ0v) is 28.7. The molecule has 5 aromatic heterocycles. The molecule has 3 aliphatic rings. The molecule has 8 rings (SSSR count). The van der Waals surface area contributed by atoms with Crippen LogP contribution in [0.2, 0.25) is 5.15 Å². The van der Waals surface area contributed by atoms with Gasteiger partial charge >= 0.3 is 6.18 Å². The summed E-state index contributed by atoms with van der Waals surface area (Å²) in [5.41, 5.74) is -1.92. The highest BCUT2D eigenvalue weighted by Gasteiger charge is 2.51. The third-order valence-electron chi connectivity index (χ3n) is 9.66. The van der Waals surface area contributed by atoms with Gasteiger partial charge in [0.25, 0.3) is 11.5 Å². The van der Waals surface area contributed by atoms with Crippen LogP contribution in [0.5, 0.6) is 5.75 Å². The first-order valence-electron chi connectivity index (χ1n) is 16.4. The molecule has 21 heteroatoms. The minimum Gasteiger partial charge on any atom is -0.504 e. The molecule has 2 saturated heterocycles. The molecule has 2 amide bonds. The average Bonchev–Trinajstić information content (AvgIpc) is 3.81. The molecule has 0 aliphatic carbocycles. The minimum atomic E-state index is -4.74. The van der Waals surface area contributed by atoms with Gasteiger partial charge in [-0.1, -0.05) is 11.6 Å². The van der Waals surface area contributed by atoms with E-state index in [0.29, 0.717) is 30.5 Å². The van der Waals surface area contributed by atoms with Gasteiger partial charge in [0.05, 0.1) is 59.8 Å². The second-order valence-corrected chi connectivity index (χ2v) is 13.3. The molecule has 8 heterocycles. The lowest BCUT2D eigenvalue weighted by Crippen LogP contribution is -2.47. The van der Waals surface area contributed by atoms with Crippen molar-refractivity contribution in [2.24, 2.45) is 0 Å². The number of carbonyl (C=O) groups excluding carboxylic acids is 2. The molecule has 0 aromatic carbocycles. The van der Waals surface area contributed by atoms with Crippen molar-refractivity contribution in [3.63, 3.8) is 0 Å². The molecular weight excluding hydrogens is 727 g/mol. The molecule has 53 heavy (non-hydrogen) atoms. The number of halogens is 4. The molecule has 0 bridgehead atoms. The predicted octanol–water partition coefficient (Wildman–Crippen LogP) is 3.06. The number of nitrogens with one attached hydrogen (secondary N) is 1. The fourth-order valence-electron chi connectivity index (χ4n) is 6.92. The van der Waals surface area contributed by atoms with Gasteiger partial charge in [0, 0.05) is 19.3 Å². The third kappa shape index (κ3) is 5.86. The SMILES string of the molecule is Cc1ncnc(C(=O)N2CCC3(CC2)O[C@H](C)c2c3c(=O)n3nc(-c4cnn(C5COC5)c4)nc3n2CC(=O)Nc2ccc(C(F)(F)F)nc2Cl)c1O. The summed E-state index contributed by atoms with van der Waals surface area (Å²) in [5.74, 6) is -1.38. The Morgan fingerprint density at radius 3 is 2.58 bits per heavy atom. The monoisotopic (exact) mass is 755 g/mol. The summed E-state index contributed by atoms with van der Waals surface area (Å²) in [7, 11) is 0. The van der Waals surface area contributed by atoms with E-state index in [-0.39, 0.29) is 72.0 Å². The van der Waals surface area contributed by atoms with Gasteiger partial charge in [-0.25, -0.2) is 15.0 Å². The zero-order chi connectivity index (χ0) is 37.4. The number of carbonyl (C=O) groups is 2. The summed E-state index contributed by atoms with van der Waals surface area (Å²) < 4.78 is 55.6. The Bertz CT molecular complexity index is 2370. The van der Waals surface area contributed by atoms with Crippen molar-refractivity contribution in [2.75, 3.05) is 31.6 Å². The first-order chi connectivity index (χ1) is 25.2. The molecule has 17 nitrogen and oxygen atoms in total. The van der Waals surface area contributed by atoms with Gasteiger partial charge in [-0.15, -0.1) is 5.10 Å². The van der Waals surface area contributed by atoms with Crippen molar-refractivity contribution in [1.82, 2.24) is 48.8 Å². The van der Waals surface area contributed by atoms with Crippen LogP contribution in [-0.2, 0) is 32.6 Å². The number of hydrogen-bond acceptors (Lipinski definition) is 12. The summed E-state index contributed by atoms with van der Waals surface area (Å²) in [6.45, 7) is 4.06. The number of likely N-dealkylation sites (tertiary alicyclic amines) is 1. The van der Waals surface area contributed by atoms with Crippen LogP contribution >= 0.6 is 11.6 Å². The number of piperidine rings is 1. The summed E-state index contributed by atoms with van der Waals surface area (Å²) >= 11 is 6.03. The summed E-state index contributed by atoms with van der Waals surface area (Å²) in [4.78, 5) is 58.8. The van der Waals surface area contributed by atoms with Crippen LogP contribution in [-0.4, -0.2) is 92.0 Å².